The lowest BCUT2D eigenvalue weighted by molar-refractivity contribution is -0.384. The molecule has 0 aliphatic carbocycles. The number of nitro groups is 1. The van der Waals surface area contributed by atoms with Gasteiger partial charge in [-0.25, -0.2) is 4.98 Å². The highest BCUT2D eigenvalue weighted by Gasteiger charge is 2.21. The van der Waals surface area contributed by atoms with Gasteiger partial charge in [-0.1, -0.05) is 30.3 Å². The second kappa shape index (κ2) is 8.70. The highest BCUT2D eigenvalue weighted by molar-refractivity contribution is 5.79. The van der Waals surface area contributed by atoms with Crippen LogP contribution in [0.2, 0.25) is 0 Å². The Kier molecular flexibility index (Phi) is 5.81. The molecule has 164 valence electrons. The van der Waals surface area contributed by atoms with E-state index in [9.17, 15) is 10.1 Å². The fourth-order valence-electron chi connectivity index (χ4n) is 3.54. The number of fused-ring (bicyclic) bond motifs is 1. The summed E-state index contributed by atoms with van der Waals surface area (Å²) in [5.74, 6) is 1.39. The van der Waals surface area contributed by atoms with Gasteiger partial charge in [0.05, 0.1) is 17.2 Å². The van der Waals surface area contributed by atoms with Crippen LogP contribution in [-0.2, 0) is 6.42 Å². The molecule has 2 aromatic carbocycles. The van der Waals surface area contributed by atoms with Crippen LogP contribution in [0, 0.1) is 10.1 Å². The van der Waals surface area contributed by atoms with Gasteiger partial charge in [0.2, 0.25) is 0 Å². The van der Waals surface area contributed by atoms with E-state index in [-0.39, 0.29) is 11.2 Å². The molecule has 32 heavy (non-hydrogen) atoms. The van der Waals surface area contributed by atoms with E-state index in [4.69, 9.17) is 9.72 Å². The number of aromatic nitrogens is 2. The molecule has 2 heterocycles. The van der Waals surface area contributed by atoms with Gasteiger partial charge in [-0.15, -0.1) is 0 Å². The van der Waals surface area contributed by atoms with Crippen molar-refractivity contribution in [2.45, 2.75) is 32.7 Å². The number of non-ortho nitro benzene ring substituents is 1. The van der Waals surface area contributed by atoms with E-state index in [1.54, 1.807) is 12.1 Å². The summed E-state index contributed by atoms with van der Waals surface area (Å²) in [7, 11) is 0. The number of hydrogen-bond acceptors (Lipinski definition) is 5. The number of benzene rings is 2. The molecule has 0 aliphatic rings. The van der Waals surface area contributed by atoms with Gasteiger partial charge in [0, 0.05) is 35.9 Å². The fraction of sp³-hybridized carbons (Fsp3) is 0.240. The highest BCUT2D eigenvalue weighted by Crippen LogP contribution is 2.34. The van der Waals surface area contributed by atoms with E-state index in [1.165, 1.54) is 17.7 Å². The summed E-state index contributed by atoms with van der Waals surface area (Å²) in [5, 5.41) is 14.5. The van der Waals surface area contributed by atoms with E-state index >= 15 is 0 Å². The molecule has 2 aromatic heterocycles. The van der Waals surface area contributed by atoms with Gasteiger partial charge in [0.15, 0.2) is 17.2 Å². The molecule has 7 heteroatoms. The second-order valence-electron chi connectivity index (χ2n) is 8.64. The third-order valence-corrected chi connectivity index (χ3v) is 4.95. The number of anilines is 1. The SMILES string of the molecule is CC(C)(C)Nc1nc2c(OCCc3ccccc3)cccn2c1-c1ccc([N+](=O)[O-])cc1. The average Bonchev–Trinajstić information content (AvgIpc) is 3.11. The van der Waals surface area contributed by atoms with Crippen LogP contribution in [0.1, 0.15) is 26.3 Å². The summed E-state index contributed by atoms with van der Waals surface area (Å²) in [6.45, 7) is 6.72. The number of pyridine rings is 1. The number of nitrogens with one attached hydrogen (secondary N) is 1. The zero-order valence-corrected chi connectivity index (χ0v) is 18.4. The van der Waals surface area contributed by atoms with Crippen molar-refractivity contribution in [2.75, 3.05) is 11.9 Å². The van der Waals surface area contributed by atoms with E-state index in [0.29, 0.717) is 23.8 Å². The Balaban J connectivity index is 1.72. The van der Waals surface area contributed by atoms with Crippen LogP contribution >= 0.6 is 0 Å². The molecule has 0 bridgehead atoms. The molecule has 0 aliphatic heterocycles. The molecule has 0 spiro atoms. The third-order valence-electron chi connectivity index (χ3n) is 4.95. The predicted molar refractivity (Wildman–Crippen MR) is 126 cm³/mol. The normalized spacial score (nSPS) is 11.5. The lowest BCUT2D eigenvalue weighted by Crippen LogP contribution is -2.26. The number of nitro benzene ring substituents is 1. The Hall–Kier alpha value is -3.87. The standard InChI is InChI=1S/C25H26N4O3/c1-25(2,3)27-23-22(19-11-13-20(14-12-19)29(30)31)28-16-7-10-21(24(28)26-23)32-17-15-18-8-5-4-6-9-18/h4-14,16,27H,15,17H2,1-3H3. The smallest absolute Gasteiger partial charge is 0.269 e. The quantitative estimate of drug-likeness (QED) is 0.299. The summed E-state index contributed by atoms with van der Waals surface area (Å²) in [4.78, 5) is 15.5. The lowest BCUT2D eigenvalue weighted by Gasteiger charge is -2.21. The number of hydrogen-bond donors (Lipinski definition) is 1. The Bertz CT molecular complexity index is 1230. The minimum Gasteiger partial charge on any atom is -0.489 e. The largest absolute Gasteiger partial charge is 0.489 e. The first-order valence-electron chi connectivity index (χ1n) is 10.5. The number of ether oxygens (including phenoxy) is 1. The fourth-order valence-corrected chi connectivity index (χ4v) is 3.54. The van der Waals surface area contributed by atoms with Crippen LogP contribution in [0.5, 0.6) is 5.75 Å². The molecular weight excluding hydrogens is 404 g/mol. The van der Waals surface area contributed by atoms with Gasteiger partial charge in [-0.3, -0.25) is 14.5 Å². The van der Waals surface area contributed by atoms with Crippen molar-refractivity contribution in [3.8, 4) is 17.0 Å². The highest BCUT2D eigenvalue weighted by atomic mass is 16.6. The van der Waals surface area contributed by atoms with Gasteiger partial charge < -0.3 is 10.1 Å². The third kappa shape index (κ3) is 4.72. The van der Waals surface area contributed by atoms with Crippen molar-refractivity contribution in [1.82, 2.24) is 9.38 Å². The molecule has 7 nitrogen and oxygen atoms in total. The zero-order chi connectivity index (χ0) is 22.7. The number of rotatable bonds is 7. The zero-order valence-electron chi connectivity index (χ0n) is 18.4. The maximum absolute atomic E-state index is 11.1. The molecule has 0 radical (unpaired) electrons. The Labute approximate surface area is 186 Å². The minimum atomic E-state index is -0.398. The average molecular weight is 431 g/mol. The monoisotopic (exact) mass is 430 g/mol. The van der Waals surface area contributed by atoms with Gasteiger partial charge in [-0.05, 0) is 50.6 Å². The summed E-state index contributed by atoms with van der Waals surface area (Å²) in [6, 6.07) is 20.5. The molecule has 0 unspecified atom stereocenters. The first-order valence-corrected chi connectivity index (χ1v) is 10.5. The van der Waals surface area contributed by atoms with Crippen LogP contribution in [0.4, 0.5) is 11.5 Å². The van der Waals surface area contributed by atoms with Gasteiger partial charge >= 0.3 is 0 Å². The Morgan fingerprint density at radius 2 is 1.75 bits per heavy atom. The number of nitrogens with zero attached hydrogens (tertiary/aromatic N) is 3. The first kappa shape index (κ1) is 21.4. The van der Waals surface area contributed by atoms with Gasteiger partial charge in [0.1, 0.15) is 0 Å². The van der Waals surface area contributed by atoms with Crippen molar-refractivity contribution in [1.29, 1.82) is 0 Å². The maximum atomic E-state index is 11.1. The molecule has 0 atom stereocenters. The molecular formula is C25H26N4O3. The summed E-state index contributed by atoms with van der Waals surface area (Å²) >= 11 is 0. The molecule has 4 aromatic rings. The maximum Gasteiger partial charge on any atom is 0.269 e. The van der Waals surface area contributed by atoms with Crippen molar-refractivity contribution in [3.63, 3.8) is 0 Å². The molecule has 0 saturated heterocycles. The topological polar surface area (TPSA) is 81.7 Å². The van der Waals surface area contributed by atoms with Crippen molar-refractivity contribution in [3.05, 3.63) is 88.6 Å². The van der Waals surface area contributed by atoms with E-state index in [2.05, 4.69) is 38.2 Å². The summed E-state index contributed by atoms with van der Waals surface area (Å²) in [5.41, 5.74) is 3.40. The van der Waals surface area contributed by atoms with Crippen LogP contribution in [0.3, 0.4) is 0 Å². The van der Waals surface area contributed by atoms with Crippen molar-refractivity contribution < 1.29 is 9.66 Å². The van der Waals surface area contributed by atoms with Crippen LogP contribution in [0.15, 0.2) is 72.9 Å². The Morgan fingerprint density at radius 1 is 1.03 bits per heavy atom. The van der Waals surface area contributed by atoms with Gasteiger partial charge in [0.25, 0.3) is 5.69 Å². The van der Waals surface area contributed by atoms with E-state index in [1.807, 2.05) is 40.9 Å². The van der Waals surface area contributed by atoms with Crippen molar-refractivity contribution >= 4 is 17.2 Å². The van der Waals surface area contributed by atoms with E-state index in [0.717, 1.165) is 17.7 Å². The molecule has 0 amide bonds. The van der Waals surface area contributed by atoms with Crippen molar-refractivity contribution in [2.24, 2.45) is 0 Å². The molecule has 4 rings (SSSR count). The first-order chi connectivity index (χ1) is 15.3. The molecule has 1 N–H and O–H groups in total. The van der Waals surface area contributed by atoms with Crippen LogP contribution in [-0.4, -0.2) is 26.5 Å². The minimum absolute atomic E-state index is 0.0536. The number of imidazole rings is 1. The molecule has 0 saturated carbocycles. The van der Waals surface area contributed by atoms with Crippen LogP contribution in [0.25, 0.3) is 16.9 Å². The van der Waals surface area contributed by atoms with Crippen LogP contribution < -0.4 is 10.1 Å². The lowest BCUT2D eigenvalue weighted by atomic mass is 10.1. The second-order valence-corrected chi connectivity index (χ2v) is 8.64. The summed E-state index contributed by atoms with van der Waals surface area (Å²) in [6.07, 6.45) is 2.72. The van der Waals surface area contributed by atoms with Gasteiger partial charge in [-0.2, -0.15) is 0 Å². The van der Waals surface area contributed by atoms with E-state index < -0.39 is 4.92 Å². The summed E-state index contributed by atoms with van der Waals surface area (Å²) < 4.78 is 8.07. The predicted octanol–water partition coefficient (Wildman–Crippen LogP) is 5.74. The molecule has 0 fully saturated rings. The Morgan fingerprint density at radius 3 is 2.41 bits per heavy atom.